The van der Waals surface area contributed by atoms with Gasteiger partial charge in [-0.15, -0.1) is 0 Å². The number of benzene rings is 1. The maximum atomic E-state index is 12.3. The zero-order valence-electron chi connectivity index (χ0n) is 9.65. The lowest BCUT2D eigenvalue weighted by Gasteiger charge is -2.07. The predicted octanol–water partition coefficient (Wildman–Crippen LogP) is 2.17. The number of rotatable bonds is 3. The maximum absolute atomic E-state index is 12.3. The van der Waals surface area contributed by atoms with Crippen LogP contribution in [-0.4, -0.2) is 18.8 Å². The third kappa shape index (κ3) is 3.99. The molecule has 1 aromatic carbocycles. The second-order valence-corrected chi connectivity index (χ2v) is 3.25. The van der Waals surface area contributed by atoms with E-state index < -0.39 is 23.4 Å². The number of hydrazone groups is 1. The molecule has 0 aromatic heterocycles. The fourth-order valence-corrected chi connectivity index (χ4v) is 1.07. The van der Waals surface area contributed by atoms with Crippen molar-refractivity contribution < 1.29 is 22.7 Å². The molecule has 0 unspecified atom stereocenters. The molecule has 0 spiro atoms. The quantitative estimate of drug-likeness (QED) is 0.519. The van der Waals surface area contributed by atoms with Gasteiger partial charge in [0.05, 0.1) is 18.4 Å². The number of methoxy groups -OCH3 is 1. The van der Waals surface area contributed by atoms with Gasteiger partial charge in [-0.3, -0.25) is 5.43 Å². The summed E-state index contributed by atoms with van der Waals surface area (Å²) in [5.41, 5.74) is 1.14. The van der Waals surface area contributed by atoms with Crippen LogP contribution in [0.3, 0.4) is 0 Å². The van der Waals surface area contributed by atoms with Crippen LogP contribution < -0.4 is 5.43 Å². The van der Waals surface area contributed by atoms with Crippen LogP contribution in [0.2, 0.25) is 0 Å². The minimum Gasteiger partial charge on any atom is -0.464 e. The van der Waals surface area contributed by atoms with Gasteiger partial charge in [0.2, 0.25) is 5.71 Å². The van der Waals surface area contributed by atoms with Gasteiger partial charge in [0.15, 0.2) is 0 Å². The number of esters is 1. The average Bonchev–Trinajstić information content (AvgIpc) is 2.38. The topological polar surface area (TPSA) is 74.5 Å². The Morgan fingerprint density at radius 3 is 2.37 bits per heavy atom. The van der Waals surface area contributed by atoms with Gasteiger partial charge in [0.1, 0.15) is 6.07 Å². The van der Waals surface area contributed by atoms with Crippen molar-refractivity contribution in [3.63, 3.8) is 0 Å². The Morgan fingerprint density at radius 2 is 1.95 bits per heavy atom. The van der Waals surface area contributed by atoms with Crippen molar-refractivity contribution in [1.82, 2.24) is 0 Å². The highest BCUT2D eigenvalue weighted by molar-refractivity contribution is 6.43. The molecule has 19 heavy (non-hydrogen) atoms. The van der Waals surface area contributed by atoms with Crippen LogP contribution in [0.15, 0.2) is 29.4 Å². The van der Waals surface area contributed by atoms with E-state index >= 15 is 0 Å². The van der Waals surface area contributed by atoms with E-state index in [1.165, 1.54) is 6.07 Å². The first kappa shape index (κ1) is 14.5. The fourth-order valence-electron chi connectivity index (χ4n) is 1.07. The van der Waals surface area contributed by atoms with Crippen molar-refractivity contribution >= 4 is 17.4 Å². The summed E-state index contributed by atoms with van der Waals surface area (Å²) < 4.78 is 41.1. The summed E-state index contributed by atoms with van der Waals surface area (Å²) in [6.07, 6.45) is -4.42. The Balaban J connectivity index is 2.82. The highest BCUT2D eigenvalue weighted by Gasteiger charge is 2.29. The van der Waals surface area contributed by atoms with Gasteiger partial charge >= 0.3 is 12.1 Å². The third-order valence-electron chi connectivity index (χ3n) is 1.99. The van der Waals surface area contributed by atoms with Gasteiger partial charge in [0.25, 0.3) is 0 Å². The molecule has 0 fully saturated rings. The van der Waals surface area contributed by atoms with Gasteiger partial charge in [0, 0.05) is 0 Å². The van der Waals surface area contributed by atoms with E-state index in [2.05, 4.69) is 15.3 Å². The average molecular weight is 271 g/mol. The van der Waals surface area contributed by atoms with Crippen LogP contribution in [0.25, 0.3) is 0 Å². The van der Waals surface area contributed by atoms with E-state index in [0.717, 1.165) is 31.4 Å². The largest absolute Gasteiger partial charge is 0.464 e. The third-order valence-corrected chi connectivity index (χ3v) is 1.99. The number of hydrogen-bond donors (Lipinski definition) is 1. The van der Waals surface area contributed by atoms with Crippen molar-refractivity contribution in [3.8, 4) is 6.07 Å². The summed E-state index contributed by atoms with van der Waals surface area (Å²) in [6, 6.07) is 5.44. The Bertz CT molecular complexity index is 530. The summed E-state index contributed by atoms with van der Waals surface area (Å²) in [4.78, 5) is 11.0. The molecule has 0 aliphatic heterocycles. The molecule has 0 bridgehead atoms. The molecule has 0 saturated carbocycles. The van der Waals surface area contributed by atoms with Gasteiger partial charge in [-0.25, -0.2) is 4.79 Å². The molecule has 100 valence electrons. The number of alkyl halides is 3. The van der Waals surface area contributed by atoms with E-state index in [9.17, 15) is 18.0 Å². The van der Waals surface area contributed by atoms with Gasteiger partial charge in [-0.05, 0) is 24.3 Å². The van der Waals surface area contributed by atoms with E-state index in [1.54, 1.807) is 0 Å². The molecule has 5 nitrogen and oxygen atoms in total. The number of carbonyl (C=O) groups excluding carboxylic acids is 1. The number of nitriles is 1. The molecule has 1 rings (SSSR count). The summed E-state index contributed by atoms with van der Waals surface area (Å²) >= 11 is 0. The molecular formula is C11H8F3N3O2. The van der Waals surface area contributed by atoms with Gasteiger partial charge in [-0.1, -0.05) is 0 Å². The summed E-state index contributed by atoms with van der Waals surface area (Å²) in [5.74, 6) is -0.943. The molecular weight excluding hydrogens is 263 g/mol. The van der Waals surface area contributed by atoms with Crippen molar-refractivity contribution in [2.24, 2.45) is 5.10 Å². The van der Waals surface area contributed by atoms with Crippen molar-refractivity contribution in [1.29, 1.82) is 5.26 Å². The Hall–Kier alpha value is -2.56. The van der Waals surface area contributed by atoms with Crippen LogP contribution in [-0.2, 0) is 15.7 Å². The lowest BCUT2D eigenvalue weighted by Crippen LogP contribution is -2.15. The first-order chi connectivity index (χ1) is 8.88. The molecule has 0 aliphatic carbocycles. The smallest absolute Gasteiger partial charge is 0.416 e. The van der Waals surface area contributed by atoms with Crippen LogP contribution in [0.5, 0.6) is 0 Å². The van der Waals surface area contributed by atoms with Crippen molar-refractivity contribution in [2.45, 2.75) is 6.18 Å². The minimum absolute atomic E-state index is 0.199. The van der Waals surface area contributed by atoms with E-state index in [0.29, 0.717) is 0 Å². The lowest BCUT2D eigenvalue weighted by molar-refractivity contribution is -0.137. The summed E-state index contributed by atoms with van der Waals surface area (Å²) in [6.45, 7) is 0. The number of halogens is 3. The highest BCUT2D eigenvalue weighted by atomic mass is 19.4. The first-order valence-corrected chi connectivity index (χ1v) is 4.88. The van der Waals surface area contributed by atoms with E-state index in [-0.39, 0.29) is 5.69 Å². The summed E-state index contributed by atoms with van der Waals surface area (Å²) in [7, 11) is 1.08. The van der Waals surface area contributed by atoms with E-state index in [4.69, 9.17) is 5.26 Å². The number of ether oxygens (including phenoxy) is 1. The monoisotopic (exact) mass is 271 g/mol. The van der Waals surface area contributed by atoms with E-state index in [1.807, 2.05) is 0 Å². The second kappa shape index (κ2) is 5.86. The van der Waals surface area contributed by atoms with Crippen LogP contribution in [0.1, 0.15) is 5.56 Å². The molecule has 1 N–H and O–H groups in total. The van der Waals surface area contributed by atoms with Crippen LogP contribution in [0, 0.1) is 11.3 Å². The van der Waals surface area contributed by atoms with Gasteiger partial charge < -0.3 is 4.74 Å². The van der Waals surface area contributed by atoms with Crippen LogP contribution in [0.4, 0.5) is 18.9 Å². The molecule has 0 aliphatic rings. The number of hydrogen-bond acceptors (Lipinski definition) is 5. The predicted molar refractivity (Wildman–Crippen MR) is 60.1 cm³/mol. The molecule has 0 amide bonds. The SMILES string of the molecule is COC(=O)/C(C#N)=N\Nc1ccc(C(F)(F)F)cc1. The molecule has 0 heterocycles. The molecule has 0 saturated heterocycles. The standard InChI is InChI=1S/C11H8F3N3O2/c1-19-10(18)9(6-15)17-16-8-4-2-7(3-5-8)11(12,13)14/h2-5,16H,1H3/b17-9-. The molecule has 1 aromatic rings. The second-order valence-electron chi connectivity index (χ2n) is 3.25. The number of nitrogens with zero attached hydrogens (tertiary/aromatic N) is 2. The zero-order valence-corrected chi connectivity index (χ0v) is 9.65. The summed E-state index contributed by atoms with van der Waals surface area (Å²) in [5, 5.41) is 12.0. The molecule has 0 radical (unpaired) electrons. The Morgan fingerprint density at radius 1 is 1.37 bits per heavy atom. The number of carbonyl (C=O) groups is 1. The number of nitrogens with one attached hydrogen (secondary N) is 1. The van der Waals surface area contributed by atoms with Gasteiger partial charge in [-0.2, -0.15) is 23.5 Å². The zero-order chi connectivity index (χ0) is 14.5. The Kier molecular flexibility index (Phi) is 4.47. The normalized spacial score (nSPS) is 11.6. The van der Waals surface area contributed by atoms with Crippen molar-refractivity contribution in [3.05, 3.63) is 29.8 Å². The minimum atomic E-state index is -4.42. The Labute approximate surface area is 106 Å². The first-order valence-electron chi connectivity index (χ1n) is 4.88. The molecule has 8 heteroatoms. The van der Waals surface area contributed by atoms with Crippen molar-refractivity contribution in [2.75, 3.05) is 12.5 Å². The molecule has 0 atom stereocenters. The number of anilines is 1. The van der Waals surface area contributed by atoms with Crippen LogP contribution >= 0.6 is 0 Å². The fraction of sp³-hybridized carbons (Fsp3) is 0.182. The highest BCUT2D eigenvalue weighted by Crippen LogP contribution is 2.29. The maximum Gasteiger partial charge on any atom is 0.416 e. The lowest BCUT2D eigenvalue weighted by atomic mass is 10.2.